The van der Waals surface area contributed by atoms with Crippen molar-refractivity contribution in [3.63, 3.8) is 0 Å². The van der Waals surface area contributed by atoms with Crippen LogP contribution in [0.1, 0.15) is 16.7 Å². The van der Waals surface area contributed by atoms with Gasteiger partial charge in [-0.2, -0.15) is 7.05 Å². The third kappa shape index (κ3) is 2.99. The predicted molar refractivity (Wildman–Crippen MR) is 77.8 cm³/mol. The van der Waals surface area contributed by atoms with Crippen LogP contribution in [0, 0.1) is 7.05 Å². The van der Waals surface area contributed by atoms with Crippen LogP contribution in [0.25, 0.3) is 0 Å². The Balaban J connectivity index is 1.73. The standard InChI is InChI=1S/C16H25N3/c1-17-8-10-19(11-9-17)13-15-5-3-4-14-12-18(2)7-6-16(14)15/h3-5,18H,2,6-13H2,1H3. The summed E-state index contributed by atoms with van der Waals surface area (Å²) >= 11 is 0. The molecule has 0 bridgehead atoms. The summed E-state index contributed by atoms with van der Waals surface area (Å²) in [5.74, 6) is 0. The third-order valence-corrected chi connectivity index (χ3v) is 4.53. The molecule has 19 heavy (non-hydrogen) atoms. The van der Waals surface area contributed by atoms with Gasteiger partial charge >= 0.3 is 0 Å². The second kappa shape index (κ2) is 5.61. The van der Waals surface area contributed by atoms with E-state index in [9.17, 15) is 0 Å². The van der Waals surface area contributed by atoms with Crippen molar-refractivity contribution in [3.05, 3.63) is 41.9 Å². The Labute approximate surface area is 116 Å². The first-order chi connectivity index (χ1) is 9.22. The van der Waals surface area contributed by atoms with Crippen molar-refractivity contribution < 1.29 is 4.90 Å². The summed E-state index contributed by atoms with van der Waals surface area (Å²) in [6, 6.07) is 6.83. The topological polar surface area (TPSA) is 10.9 Å². The van der Waals surface area contributed by atoms with E-state index in [1.807, 2.05) is 0 Å². The zero-order chi connectivity index (χ0) is 13.2. The maximum Gasteiger partial charge on any atom is 0.0790 e. The van der Waals surface area contributed by atoms with Gasteiger partial charge in [-0.3, -0.25) is 4.90 Å². The second-order valence-corrected chi connectivity index (χ2v) is 6.06. The lowest BCUT2D eigenvalue weighted by molar-refractivity contribution is -0.870. The minimum absolute atomic E-state index is 1.09. The van der Waals surface area contributed by atoms with E-state index in [4.69, 9.17) is 0 Å². The van der Waals surface area contributed by atoms with Gasteiger partial charge in [0.05, 0.1) is 13.1 Å². The van der Waals surface area contributed by atoms with Crippen LogP contribution in [0.5, 0.6) is 0 Å². The van der Waals surface area contributed by atoms with Crippen molar-refractivity contribution in [2.75, 3.05) is 39.8 Å². The van der Waals surface area contributed by atoms with Crippen LogP contribution < -0.4 is 4.90 Å². The molecule has 1 aromatic rings. The molecular formula is C16H25N3. The smallest absolute Gasteiger partial charge is 0.0790 e. The number of fused-ring (bicyclic) bond motifs is 1. The van der Waals surface area contributed by atoms with Crippen molar-refractivity contribution in [2.45, 2.75) is 19.5 Å². The van der Waals surface area contributed by atoms with Gasteiger partial charge in [0.2, 0.25) is 0 Å². The molecular weight excluding hydrogens is 234 g/mol. The fourth-order valence-electron chi connectivity index (χ4n) is 3.23. The van der Waals surface area contributed by atoms with Crippen molar-refractivity contribution in [1.82, 2.24) is 9.80 Å². The normalized spacial score (nSPS) is 25.3. The fourth-order valence-corrected chi connectivity index (χ4v) is 3.23. The molecule has 2 aliphatic rings. The number of nitrogens with zero attached hydrogens (tertiary/aromatic N) is 2. The Bertz CT molecular complexity index is 436. The van der Waals surface area contributed by atoms with Gasteiger partial charge in [0.25, 0.3) is 0 Å². The SMILES string of the molecule is [CH2-][NH+]1CCc2c(CN3CCN(C)CC3)cccc2C1. The molecule has 1 unspecified atom stereocenters. The van der Waals surface area contributed by atoms with E-state index in [2.05, 4.69) is 42.1 Å². The van der Waals surface area contributed by atoms with Gasteiger partial charge in [0.15, 0.2) is 0 Å². The first-order valence-electron chi connectivity index (χ1n) is 7.39. The highest BCUT2D eigenvalue weighted by molar-refractivity contribution is 5.36. The van der Waals surface area contributed by atoms with Gasteiger partial charge in [-0.1, -0.05) is 18.2 Å². The largest absolute Gasteiger partial charge is 0.464 e. The summed E-state index contributed by atoms with van der Waals surface area (Å²) in [6.45, 7) is 8.19. The fraction of sp³-hybridized carbons (Fsp3) is 0.562. The van der Waals surface area contributed by atoms with Crippen LogP contribution in [0.4, 0.5) is 0 Å². The molecule has 104 valence electrons. The Morgan fingerprint density at radius 2 is 2.00 bits per heavy atom. The van der Waals surface area contributed by atoms with Crippen LogP contribution in [-0.4, -0.2) is 49.6 Å². The number of nitrogens with one attached hydrogen (secondary N) is 1. The van der Waals surface area contributed by atoms with Gasteiger partial charge in [0.1, 0.15) is 0 Å². The molecule has 0 radical (unpaired) electrons. The second-order valence-electron chi connectivity index (χ2n) is 6.06. The van der Waals surface area contributed by atoms with Crippen molar-refractivity contribution in [2.24, 2.45) is 0 Å². The predicted octanol–water partition coefficient (Wildman–Crippen LogP) is 0.167. The quantitative estimate of drug-likeness (QED) is 0.759. The summed E-state index contributed by atoms with van der Waals surface area (Å²) < 4.78 is 0. The van der Waals surface area contributed by atoms with Crippen LogP contribution in [0.2, 0.25) is 0 Å². The number of piperazine rings is 1. The average molecular weight is 259 g/mol. The Morgan fingerprint density at radius 1 is 1.21 bits per heavy atom. The lowest BCUT2D eigenvalue weighted by Gasteiger charge is -2.34. The van der Waals surface area contributed by atoms with E-state index in [-0.39, 0.29) is 0 Å². The molecule has 2 aliphatic heterocycles. The van der Waals surface area contributed by atoms with Crippen molar-refractivity contribution >= 4 is 0 Å². The zero-order valence-corrected chi connectivity index (χ0v) is 12.0. The molecule has 3 nitrogen and oxygen atoms in total. The molecule has 0 saturated carbocycles. The molecule has 0 amide bonds. The minimum atomic E-state index is 1.09. The Hall–Kier alpha value is -0.900. The molecule has 3 heteroatoms. The van der Waals surface area contributed by atoms with E-state index >= 15 is 0 Å². The number of quaternary nitrogens is 1. The summed E-state index contributed by atoms with van der Waals surface area (Å²) in [4.78, 5) is 6.41. The van der Waals surface area contributed by atoms with Crippen LogP contribution in [-0.2, 0) is 19.5 Å². The molecule has 1 fully saturated rings. The number of hydrogen-bond acceptors (Lipinski definition) is 2. The molecule has 1 aromatic carbocycles. The lowest BCUT2D eigenvalue weighted by atomic mass is 9.94. The first kappa shape index (κ1) is 13.1. The van der Waals surface area contributed by atoms with E-state index < -0.39 is 0 Å². The maximum absolute atomic E-state index is 4.15. The zero-order valence-electron chi connectivity index (χ0n) is 12.0. The highest BCUT2D eigenvalue weighted by Gasteiger charge is 2.19. The molecule has 1 N–H and O–H groups in total. The summed E-state index contributed by atoms with van der Waals surface area (Å²) in [7, 11) is 6.37. The van der Waals surface area contributed by atoms with Crippen LogP contribution >= 0.6 is 0 Å². The van der Waals surface area contributed by atoms with Gasteiger partial charge in [-0.05, 0) is 18.2 Å². The van der Waals surface area contributed by atoms with Crippen molar-refractivity contribution in [3.8, 4) is 0 Å². The summed E-state index contributed by atoms with van der Waals surface area (Å²) in [6.07, 6.45) is 1.19. The average Bonchev–Trinajstić information content (AvgIpc) is 2.41. The van der Waals surface area contributed by atoms with Gasteiger partial charge in [0, 0.05) is 44.7 Å². The van der Waals surface area contributed by atoms with E-state index in [1.165, 1.54) is 49.6 Å². The molecule has 0 spiro atoms. The number of benzene rings is 1. The molecule has 1 atom stereocenters. The first-order valence-corrected chi connectivity index (χ1v) is 7.39. The van der Waals surface area contributed by atoms with E-state index in [1.54, 1.807) is 11.1 Å². The number of rotatable bonds is 2. The molecule has 3 rings (SSSR count). The van der Waals surface area contributed by atoms with Crippen LogP contribution in [0.3, 0.4) is 0 Å². The number of likely N-dealkylation sites (N-methyl/N-ethyl adjacent to an activating group) is 1. The Morgan fingerprint density at radius 3 is 2.79 bits per heavy atom. The molecule has 1 saturated heterocycles. The molecule has 0 aliphatic carbocycles. The molecule has 0 aromatic heterocycles. The van der Waals surface area contributed by atoms with E-state index in [0.29, 0.717) is 0 Å². The van der Waals surface area contributed by atoms with Crippen LogP contribution in [0.15, 0.2) is 18.2 Å². The third-order valence-electron chi connectivity index (χ3n) is 4.53. The van der Waals surface area contributed by atoms with E-state index in [0.717, 1.165) is 13.1 Å². The van der Waals surface area contributed by atoms with Gasteiger partial charge in [-0.15, -0.1) is 0 Å². The number of hydrogen-bond donors (Lipinski definition) is 1. The maximum atomic E-state index is 4.15. The molecule has 2 heterocycles. The monoisotopic (exact) mass is 259 g/mol. The Kier molecular flexibility index (Phi) is 3.87. The lowest BCUT2D eigenvalue weighted by Crippen LogP contribution is -3.06. The minimum Gasteiger partial charge on any atom is -0.464 e. The van der Waals surface area contributed by atoms with Gasteiger partial charge in [-0.25, -0.2) is 0 Å². The van der Waals surface area contributed by atoms with Gasteiger partial charge < -0.3 is 9.80 Å². The van der Waals surface area contributed by atoms with Crippen molar-refractivity contribution in [1.29, 1.82) is 0 Å². The highest BCUT2D eigenvalue weighted by Crippen LogP contribution is 2.19. The summed E-state index contributed by atoms with van der Waals surface area (Å²) in [5, 5.41) is 0. The summed E-state index contributed by atoms with van der Waals surface area (Å²) in [5.41, 5.74) is 4.67. The highest BCUT2D eigenvalue weighted by atomic mass is 15.2.